The number of para-hydroxylation sites is 1. The van der Waals surface area contributed by atoms with Crippen molar-refractivity contribution in [1.29, 1.82) is 0 Å². The van der Waals surface area contributed by atoms with Crippen molar-refractivity contribution in [2.75, 3.05) is 42.1 Å². The molecule has 0 aliphatic carbocycles. The maximum absolute atomic E-state index is 13.8. The van der Waals surface area contributed by atoms with Crippen LogP contribution in [-0.2, 0) is 10.0 Å². The van der Waals surface area contributed by atoms with E-state index >= 15 is 0 Å². The van der Waals surface area contributed by atoms with E-state index in [0.29, 0.717) is 23.5 Å². The van der Waals surface area contributed by atoms with Crippen LogP contribution in [0.2, 0.25) is 0 Å². The topological polar surface area (TPSA) is 91.0 Å². The largest absolute Gasteiger partial charge is 0.372 e. The number of amides is 1. The normalized spacial score (nSPS) is 13.6. The number of piperidine rings is 1. The summed E-state index contributed by atoms with van der Waals surface area (Å²) in [6.45, 7) is 8.51. The van der Waals surface area contributed by atoms with Gasteiger partial charge < -0.3 is 20.4 Å². The first kappa shape index (κ1) is 32.2. The molecular formula is C31H41ClN4O4S. The number of carbonyl (C=O) groups excluding carboxylic acids is 1. The highest BCUT2D eigenvalue weighted by molar-refractivity contribution is 7.92. The van der Waals surface area contributed by atoms with Crippen LogP contribution in [0.15, 0.2) is 83.8 Å². The number of sulfonamides is 1. The van der Waals surface area contributed by atoms with Gasteiger partial charge in [-0.3, -0.25) is 4.79 Å². The molecule has 222 valence electrons. The third-order valence-corrected chi connectivity index (χ3v) is 8.86. The Balaban J connectivity index is 0.00000462. The van der Waals surface area contributed by atoms with Gasteiger partial charge in [0.1, 0.15) is 0 Å². The number of carbonyl (C=O) groups is 1. The smallest absolute Gasteiger partial charge is 0.295 e. The second kappa shape index (κ2) is 15.7. The number of hydrogen-bond donors (Lipinski definition) is 2. The van der Waals surface area contributed by atoms with Gasteiger partial charge in [0.2, 0.25) is 0 Å². The van der Waals surface area contributed by atoms with E-state index in [1.807, 2.05) is 24.3 Å². The highest BCUT2D eigenvalue weighted by atomic mass is 35.5. The summed E-state index contributed by atoms with van der Waals surface area (Å²) < 4.78 is 28.5. The van der Waals surface area contributed by atoms with Gasteiger partial charge in [0.15, 0.2) is 5.75 Å². The number of benzene rings is 3. The molecule has 0 aromatic heterocycles. The lowest BCUT2D eigenvalue weighted by molar-refractivity contribution is 0.0952. The molecule has 3 aromatic rings. The van der Waals surface area contributed by atoms with Crippen LogP contribution in [0.5, 0.6) is 5.75 Å². The van der Waals surface area contributed by atoms with Gasteiger partial charge in [-0.15, -0.1) is 12.4 Å². The lowest BCUT2D eigenvalue weighted by atomic mass is 9.93. The molecule has 1 fully saturated rings. The Morgan fingerprint density at radius 3 is 2.24 bits per heavy atom. The summed E-state index contributed by atoms with van der Waals surface area (Å²) in [6, 6.07) is 22.0. The summed E-state index contributed by atoms with van der Waals surface area (Å²) >= 11 is 0. The molecule has 10 heteroatoms. The Morgan fingerprint density at radius 2 is 1.59 bits per heavy atom. The minimum Gasteiger partial charge on any atom is -0.372 e. The van der Waals surface area contributed by atoms with Crippen molar-refractivity contribution in [3.63, 3.8) is 0 Å². The molecule has 3 aromatic carbocycles. The molecule has 41 heavy (non-hydrogen) atoms. The van der Waals surface area contributed by atoms with E-state index in [1.54, 1.807) is 42.5 Å². The fraction of sp³-hybridized carbons (Fsp3) is 0.387. The lowest BCUT2D eigenvalue weighted by Gasteiger charge is -2.25. The molecule has 4 rings (SSSR count). The minimum absolute atomic E-state index is 0. The van der Waals surface area contributed by atoms with Crippen LogP contribution < -0.4 is 24.8 Å². The predicted molar refractivity (Wildman–Crippen MR) is 168 cm³/mol. The zero-order valence-electron chi connectivity index (χ0n) is 23.8. The van der Waals surface area contributed by atoms with E-state index in [9.17, 15) is 13.2 Å². The third-order valence-electron chi connectivity index (χ3n) is 7.27. The van der Waals surface area contributed by atoms with Gasteiger partial charge >= 0.3 is 0 Å². The van der Waals surface area contributed by atoms with Gasteiger partial charge in [-0.1, -0.05) is 28.7 Å². The summed E-state index contributed by atoms with van der Waals surface area (Å²) in [5, 5.41) is 6.33. The maximum atomic E-state index is 13.8. The highest BCUT2D eigenvalue weighted by Crippen LogP contribution is 2.28. The second-order valence-corrected chi connectivity index (χ2v) is 11.7. The van der Waals surface area contributed by atoms with E-state index in [-0.39, 0.29) is 23.2 Å². The van der Waals surface area contributed by atoms with Crippen molar-refractivity contribution >= 4 is 39.7 Å². The third kappa shape index (κ3) is 8.61. The molecule has 0 unspecified atom stereocenters. The van der Waals surface area contributed by atoms with E-state index in [2.05, 4.69) is 29.4 Å². The van der Waals surface area contributed by atoms with Crippen molar-refractivity contribution in [2.24, 2.45) is 5.92 Å². The number of nitrogens with zero attached hydrogens (tertiary/aromatic N) is 2. The number of rotatable bonds is 13. The van der Waals surface area contributed by atoms with Gasteiger partial charge in [-0.25, -0.2) is 0 Å². The van der Waals surface area contributed by atoms with Crippen LogP contribution in [0.4, 0.5) is 11.4 Å². The van der Waals surface area contributed by atoms with Crippen LogP contribution in [0.3, 0.4) is 0 Å². The average Bonchev–Trinajstić information content (AvgIpc) is 3.00. The summed E-state index contributed by atoms with van der Waals surface area (Å²) in [4.78, 5) is 20.9. The predicted octanol–water partition coefficient (Wildman–Crippen LogP) is 5.65. The van der Waals surface area contributed by atoms with Crippen LogP contribution in [-0.4, -0.2) is 47.0 Å². The second-order valence-electron chi connectivity index (χ2n) is 9.94. The summed E-state index contributed by atoms with van der Waals surface area (Å²) in [7, 11) is -4.11. The number of hydrogen-bond acceptors (Lipinski definition) is 6. The molecule has 0 atom stereocenters. The molecular weight excluding hydrogens is 560 g/mol. The Hall–Kier alpha value is -3.27. The Kier molecular flexibility index (Phi) is 12.3. The maximum Gasteiger partial charge on any atom is 0.295 e. The molecule has 1 saturated heterocycles. The molecule has 8 nitrogen and oxygen atoms in total. The first-order valence-electron chi connectivity index (χ1n) is 14.1. The molecule has 0 bridgehead atoms. The van der Waals surface area contributed by atoms with Crippen molar-refractivity contribution in [2.45, 2.75) is 44.4 Å². The minimum atomic E-state index is -4.11. The molecule has 0 radical (unpaired) electrons. The van der Waals surface area contributed by atoms with E-state index in [1.165, 1.54) is 25.0 Å². The Labute approximate surface area is 250 Å². The zero-order chi connectivity index (χ0) is 28.4. The Bertz CT molecular complexity index is 1330. The number of nitrogens with one attached hydrogen (secondary N) is 2. The van der Waals surface area contributed by atoms with Crippen LogP contribution in [0.25, 0.3) is 0 Å². The van der Waals surface area contributed by atoms with Crippen LogP contribution >= 0.6 is 12.4 Å². The van der Waals surface area contributed by atoms with Crippen molar-refractivity contribution < 1.29 is 18.0 Å². The molecule has 0 spiro atoms. The van der Waals surface area contributed by atoms with Gasteiger partial charge in [-0.05, 0) is 107 Å². The molecule has 2 N–H and O–H groups in total. The average molecular weight is 601 g/mol. The number of halogens is 1. The van der Waals surface area contributed by atoms with E-state index in [0.717, 1.165) is 55.1 Å². The van der Waals surface area contributed by atoms with Gasteiger partial charge in [0.25, 0.3) is 15.9 Å². The fourth-order valence-corrected chi connectivity index (χ4v) is 6.21. The fourth-order valence-electron chi connectivity index (χ4n) is 4.95. The summed E-state index contributed by atoms with van der Waals surface area (Å²) in [6.07, 6.45) is 4.41. The first-order chi connectivity index (χ1) is 19.4. The van der Waals surface area contributed by atoms with Gasteiger partial charge in [-0.2, -0.15) is 8.42 Å². The van der Waals surface area contributed by atoms with Gasteiger partial charge in [0, 0.05) is 37.0 Å². The van der Waals surface area contributed by atoms with Crippen molar-refractivity contribution in [3.05, 3.63) is 84.4 Å². The molecule has 0 saturated carbocycles. The van der Waals surface area contributed by atoms with Crippen LogP contribution in [0.1, 0.15) is 49.9 Å². The Morgan fingerprint density at radius 1 is 0.927 bits per heavy atom. The number of anilines is 2. The first-order valence-corrected chi connectivity index (χ1v) is 15.6. The molecule has 1 heterocycles. The summed E-state index contributed by atoms with van der Waals surface area (Å²) in [5.41, 5.74) is 1.73. The van der Waals surface area contributed by atoms with Gasteiger partial charge in [0.05, 0.1) is 10.6 Å². The van der Waals surface area contributed by atoms with Crippen LogP contribution in [0, 0.1) is 5.92 Å². The molecule has 1 aliphatic rings. The van der Waals surface area contributed by atoms with Crippen molar-refractivity contribution in [1.82, 2.24) is 10.6 Å². The summed E-state index contributed by atoms with van der Waals surface area (Å²) in [5.74, 6) is 0.910. The van der Waals surface area contributed by atoms with E-state index < -0.39 is 10.0 Å². The quantitative estimate of drug-likeness (QED) is 0.195. The van der Waals surface area contributed by atoms with E-state index in [4.69, 9.17) is 4.84 Å². The monoisotopic (exact) mass is 600 g/mol. The SMILES string of the molecule is CCN(CC)c1cccc(ON(c2ccccc2)S(=O)(=O)c2ccc(C(=O)NCCCC3CCNCC3)cc2)c1.Cl. The van der Waals surface area contributed by atoms with Crippen molar-refractivity contribution in [3.8, 4) is 5.75 Å². The zero-order valence-corrected chi connectivity index (χ0v) is 25.4. The molecule has 1 amide bonds. The highest BCUT2D eigenvalue weighted by Gasteiger charge is 2.28. The standard InChI is InChI=1S/C31H40N4O4S.ClH/c1-3-34(4-2)28-13-8-14-29(24-28)39-35(27-11-6-5-7-12-27)40(37,38)30-17-15-26(16-18-30)31(36)33-21-9-10-25-19-22-32-23-20-25;/h5-8,11-18,24-25,32H,3-4,9-10,19-23H2,1-2H3,(H,33,36);1H. The molecule has 1 aliphatic heterocycles. The lowest BCUT2D eigenvalue weighted by Crippen LogP contribution is -2.34.